The molecule has 2 N–H and O–H groups in total. The van der Waals surface area contributed by atoms with Gasteiger partial charge < -0.3 is 10.3 Å². The summed E-state index contributed by atoms with van der Waals surface area (Å²) in [5, 5.41) is 3.93. The van der Waals surface area contributed by atoms with Crippen LogP contribution >= 0.6 is 11.6 Å². The van der Waals surface area contributed by atoms with Crippen LogP contribution in [-0.4, -0.2) is 16.7 Å². The molecule has 0 aliphatic rings. The Morgan fingerprint density at radius 1 is 1.47 bits per heavy atom. The van der Waals surface area contributed by atoms with Crippen LogP contribution in [0.5, 0.6) is 0 Å². The largest absolute Gasteiger partial charge is 0.339 e. The third-order valence-electron chi connectivity index (χ3n) is 2.82. The Morgan fingerprint density at radius 2 is 2.26 bits per heavy atom. The molecule has 4 nitrogen and oxygen atoms in total. The molecule has 2 rings (SSSR count). The van der Waals surface area contributed by atoms with E-state index >= 15 is 0 Å². The van der Waals surface area contributed by atoms with Crippen LogP contribution in [0.4, 0.5) is 4.39 Å². The topological polar surface area (TPSA) is 64.9 Å². The Labute approximate surface area is 115 Å². The molecular weight excluding hydrogens is 269 g/mol. The zero-order valence-electron chi connectivity index (χ0n) is 10.6. The first-order chi connectivity index (χ1) is 9.10. The van der Waals surface area contributed by atoms with E-state index in [0.717, 1.165) is 0 Å². The summed E-state index contributed by atoms with van der Waals surface area (Å²) in [5.41, 5.74) is 5.98. The van der Waals surface area contributed by atoms with Crippen molar-refractivity contribution in [2.24, 2.45) is 11.7 Å². The van der Waals surface area contributed by atoms with Crippen LogP contribution in [0, 0.1) is 11.7 Å². The zero-order valence-corrected chi connectivity index (χ0v) is 11.3. The minimum absolute atomic E-state index is 0.0953. The maximum Gasteiger partial charge on any atom is 0.226 e. The van der Waals surface area contributed by atoms with Crippen molar-refractivity contribution in [2.75, 3.05) is 6.54 Å². The van der Waals surface area contributed by atoms with Gasteiger partial charge >= 0.3 is 0 Å². The third kappa shape index (κ3) is 3.52. The summed E-state index contributed by atoms with van der Waals surface area (Å²) in [4.78, 5) is 4.22. The molecule has 0 saturated carbocycles. The molecule has 0 saturated heterocycles. The maximum atomic E-state index is 13.7. The summed E-state index contributed by atoms with van der Waals surface area (Å²) < 4.78 is 18.8. The van der Waals surface area contributed by atoms with Crippen LogP contribution in [0.15, 0.2) is 22.7 Å². The highest BCUT2D eigenvalue weighted by Gasteiger charge is 2.13. The summed E-state index contributed by atoms with van der Waals surface area (Å²) in [6.45, 7) is 2.56. The van der Waals surface area contributed by atoms with Crippen LogP contribution in [-0.2, 0) is 12.8 Å². The van der Waals surface area contributed by atoms with E-state index in [2.05, 4.69) is 10.1 Å². The molecule has 0 bridgehead atoms. The SMILES string of the molecule is CC(CN)Cc1nc(Cc2cccc(Cl)c2F)no1. The van der Waals surface area contributed by atoms with E-state index in [4.69, 9.17) is 21.9 Å². The van der Waals surface area contributed by atoms with Gasteiger partial charge in [0.25, 0.3) is 0 Å². The van der Waals surface area contributed by atoms with Gasteiger partial charge in [-0.25, -0.2) is 4.39 Å². The quantitative estimate of drug-likeness (QED) is 0.916. The molecule has 0 amide bonds. The Morgan fingerprint density at radius 3 is 3.00 bits per heavy atom. The lowest BCUT2D eigenvalue weighted by Crippen LogP contribution is -2.13. The summed E-state index contributed by atoms with van der Waals surface area (Å²) in [6, 6.07) is 4.85. The fourth-order valence-electron chi connectivity index (χ4n) is 1.68. The number of hydrogen-bond acceptors (Lipinski definition) is 4. The van der Waals surface area contributed by atoms with Crippen LogP contribution in [0.25, 0.3) is 0 Å². The van der Waals surface area contributed by atoms with E-state index in [1.165, 1.54) is 6.07 Å². The van der Waals surface area contributed by atoms with Gasteiger partial charge in [0.05, 0.1) is 5.02 Å². The standard InChI is InChI=1S/C13H15ClFN3O/c1-8(7-16)5-12-17-11(18-19-12)6-9-3-2-4-10(14)13(9)15/h2-4,8H,5-7,16H2,1H3. The van der Waals surface area contributed by atoms with E-state index in [-0.39, 0.29) is 17.4 Å². The van der Waals surface area contributed by atoms with Crippen molar-refractivity contribution in [1.29, 1.82) is 0 Å². The van der Waals surface area contributed by atoms with E-state index in [1.807, 2.05) is 6.92 Å². The van der Waals surface area contributed by atoms with Gasteiger partial charge in [0.1, 0.15) is 5.82 Å². The predicted molar refractivity (Wildman–Crippen MR) is 70.4 cm³/mol. The summed E-state index contributed by atoms with van der Waals surface area (Å²) in [5.74, 6) is 0.804. The average molecular weight is 284 g/mol. The van der Waals surface area contributed by atoms with E-state index < -0.39 is 5.82 Å². The summed E-state index contributed by atoms with van der Waals surface area (Å²) >= 11 is 5.72. The van der Waals surface area contributed by atoms with Crippen molar-refractivity contribution >= 4 is 11.6 Å². The van der Waals surface area contributed by atoms with E-state index in [0.29, 0.717) is 30.2 Å². The highest BCUT2D eigenvalue weighted by atomic mass is 35.5. The Kier molecular flexibility index (Phi) is 4.50. The molecule has 0 aliphatic carbocycles. The molecule has 1 unspecified atom stereocenters. The van der Waals surface area contributed by atoms with Crippen LogP contribution in [0.3, 0.4) is 0 Å². The second-order valence-electron chi connectivity index (χ2n) is 4.54. The van der Waals surface area contributed by atoms with Gasteiger partial charge in [0, 0.05) is 12.8 Å². The molecule has 1 aromatic heterocycles. The molecule has 1 heterocycles. The van der Waals surface area contributed by atoms with Gasteiger partial charge in [-0.3, -0.25) is 0 Å². The smallest absolute Gasteiger partial charge is 0.226 e. The second-order valence-corrected chi connectivity index (χ2v) is 4.95. The zero-order chi connectivity index (χ0) is 13.8. The first kappa shape index (κ1) is 14.0. The van der Waals surface area contributed by atoms with Crippen molar-refractivity contribution in [2.45, 2.75) is 19.8 Å². The predicted octanol–water partition coefficient (Wildman–Crippen LogP) is 2.59. The van der Waals surface area contributed by atoms with Gasteiger partial charge in [-0.05, 0) is 24.1 Å². The Balaban J connectivity index is 2.09. The minimum Gasteiger partial charge on any atom is -0.339 e. The lowest BCUT2D eigenvalue weighted by atomic mass is 10.1. The molecule has 1 atom stereocenters. The monoisotopic (exact) mass is 283 g/mol. The number of aromatic nitrogens is 2. The van der Waals surface area contributed by atoms with Crippen molar-refractivity contribution in [3.05, 3.63) is 46.3 Å². The summed E-state index contributed by atoms with van der Waals surface area (Å²) in [7, 11) is 0. The van der Waals surface area contributed by atoms with Crippen molar-refractivity contribution in [1.82, 2.24) is 10.1 Å². The molecule has 0 aliphatic heterocycles. The van der Waals surface area contributed by atoms with Gasteiger partial charge in [-0.2, -0.15) is 4.98 Å². The number of hydrogen-bond donors (Lipinski definition) is 1. The van der Waals surface area contributed by atoms with Crippen molar-refractivity contribution in [3.63, 3.8) is 0 Å². The van der Waals surface area contributed by atoms with Crippen LogP contribution < -0.4 is 5.73 Å². The first-order valence-corrected chi connectivity index (χ1v) is 6.42. The lowest BCUT2D eigenvalue weighted by Gasteiger charge is -2.02. The molecule has 6 heteroatoms. The number of benzene rings is 1. The van der Waals surface area contributed by atoms with Gasteiger partial charge in [-0.1, -0.05) is 35.8 Å². The van der Waals surface area contributed by atoms with E-state index in [9.17, 15) is 4.39 Å². The maximum absolute atomic E-state index is 13.7. The van der Waals surface area contributed by atoms with Gasteiger partial charge in [-0.15, -0.1) is 0 Å². The molecule has 1 aromatic carbocycles. The highest BCUT2D eigenvalue weighted by Crippen LogP contribution is 2.19. The Bertz CT molecular complexity index is 559. The number of halogens is 2. The lowest BCUT2D eigenvalue weighted by molar-refractivity contribution is 0.356. The molecule has 0 fully saturated rings. The molecule has 102 valence electrons. The number of rotatable bonds is 5. The van der Waals surface area contributed by atoms with Crippen LogP contribution in [0.2, 0.25) is 5.02 Å². The van der Waals surface area contributed by atoms with Crippen LogP contribution in [0.1, 0.15) is 24.2 Å². The highest BCUT2D eigenvalue weighted by molar-refractivity contribution is 6.30. The molecular formula is C13H15ClFN3O. The molecule has 0 radical (unpaired) electrons. The third-order valence-corrected chi connectivity index (χ3v) is 3.11. The Hall–Kier alpha value is -1.46. The average Bonchev–Trinajstić information content (AvgIpc) is 2.82. The normalized spacial score (nSPS) is 12.6. The fourth-order valence-corrected chi connectivity index (χ4v) is 1.88. The fraction of sp³-hybridized carbons (Fsp3) is 0.385. The van der Waals surface area contributed by atoms with Crippen molar-refractivity contribution in [3.8, 4) is 0 Å². The second kappa shape index (κ2) is 6.12. The summed E-state index contributed by atoms with van der Waals surface area (Å²) in [6.07, 6.45) is 0.883. The number of nitrogens with two attached hydrogens (primary N) is 1. The molecule has 19 heavy (non-hydrogen) atoms. The molecule has 2 aromatic rings. The number of nitrogens with zero attached hydrogens (tertiary/aromatic N) is 2. The first-order valence-electron chi connectivity index (χ1n) is 6.04. The van der Waals surface area contributed by atoms with E-state index in [1.54, 1.807) is 12.1 Å². The minimum atomic E-state index is -0.439. The molecule has 0 spiro atoms. The van der Waals surface area contributed by atoms with Gasteiger partial charge in [0.2, 0.25) is 5.89 Å². The van der Waals surface area contributed by atoms with Gasteiger partial charge in [0.15, 0.2) is 5.82 Å². The van der Waals surface area contributed by atoms with Crippen molar-refractivity contribution < 1.29 is 8.91 Å².